The molecular formula is C18H19N3O3S3. The van der Waals surface area contributed by atoms with E-state index < -0.39 is 15.9 Å². The summed E-state index contributed by atoms with van der Waals surface area (Å²) < 4.78 is 26.7. The highest BCUT2D eigenvalue weighted by atomic mass is 32.2. The molecule has 3 rings (SSSR count). The lowest BCUT2D eigenvalue weighted by Crippen LogP contribution is -2.30. The molecule has 0 unspecified atom stereocenters. The molecule has 3 aromatic rings. The normalized spacial score (nSPS) is 11.7. The van der Waals surface area contributed by atoms with Gasteiger partial charge in [0.25, 0.3) is 5.91 Å². The summed E-state index contributed by atoms with van der Waals surface area (Å²) in [5, 5.41) is 7.06. The van der Waals surface area contributed by atoms with E-state index in [1.165, 1.54) is 27.8 Å². The van der Waals surface area contributed by atoms with Gasteiger partial charge < -0.3 is 0 Å². The van der Waals surface area contributed by atoms with E-state index >= 15 is 0 Å². The van der Waals surface area contributed by atoms with Gasteiger partial charge in [-0.05, 0) is 29.6 Å². The molecule has 0 aliphatic heterocycles. The predicted molar refractivity (Wildman–Crippen MR) is 110 cm³/mol. The molecule has 1 aromatic carbocycles. The number of anilines is 1. The highest BCUT2D eigenvalue weighted by molar-refractivity contribution is 7.89. The van der Waals surface area contributed by atoms with Crippen molar-refractivity contribution in [1.29, 1.82) is 0 Å². The van der Waals surface area contributed by atoms with Crippen LogP contribution in [0.4, 0.5) is 5.13 Å². The standard InChI is InChI=1S/C18H19N3O3S3/c1-3-21(4-2)27(23,24)14-8-5-7-13(11-14)17(22)20-18-19-15(12-26-18)16-9-6-10-25-16/h5-12H,3-4H2,1-2H3,(H,19,20,22). The van der Waals surface area contributed by atoms with Crippen LogP contribution in [0.1, 0.15) is 24.2 Å². The van der Waals surface area contributed by atoms with Gasteiger partial charge in [-0.2, -0.15) is 4.31 Å². The smallest absolute Gasteiger partial charge is 0.257 e. The second-order valence-corrected chi connectivity index (χ2v) is 9.33. The summed E-state index contributed by atoms with van der Waals surface area (Å²) in [5.74, 6) is -0.390. The quantitative estimate of drug-likeness (QED) is 0.621. The average Bonchev–Trinajstić information content (AvgIpc) is 3.34. The topological polar surface area (TPSA) is 79.4 Å². The van der Waals surface area contributed by atoms with Crippen molar-refractivity contribution in [3.63, 3.8) is 0 Å². The summed E-state index contributed by atoms with van der Waals surface area (Å²) in [6.45, 7) is 4.32. The molecule has 0 bridgehead atoms. The van der Waals surface area contributed by atoms with Gasteiger partial charge >= 0.3 is 0 Å². The fourth-order valence-corrected chi connectivity index (χ4v) is 5.52. The molecule has 0 radical (unpaired) electrons. The minimum Gasteiger partial charge on any atom is -0.298 e. The van der Waals surface area contributed by atoms with Crippen LogP contribution >= 0.6 is 22.7 Å². The first-order valence-corrected chi connectivity index (χ1v) is 11.6. The third-order valence-corrected chi connectivity index (χ3v) is 7.63. The number of carbonyl (C=O) groups excluding carboxylic acids is 1. The van der Waals surface area contributed by atoms with Crippen molar-refractivity contribution in [3.05, 3.63) is 52.7 Å². The molecule has 27 heavy (non-hydrogen) atoms. The fourth-order valence-electron chi connectivity index (χ4n) is 2.55. The summed E-state index contributed by atoms with van der Waals surface area (Å²) in [4.78, 5) is 18.1. The van der Waals surface area contributed by atoms with Crippen molar-refractivity contribution in [2.45, 2.75) is 18.7 Å². The summed E-state index contributed by atoms with van der Waals surface area (Å²) >= 11 is 2.91. The van der Waals surface area contributed by atoms with Gasteiger partial charge in [-0.25, -0.2) is 13.4 Å². The Kier molecular flexibility index (Phi) is 6.05. The maximum absolute atomic E-state index is 12.6. The number of nitrogens with zero attached hydrogens (tertiary/aromatic N) is 2. The van der Waals surface area contributed by atoms with Crippen LogP contribution in [0.2, 0.25) is 0 Å². The van der Waals surface area contributed by atoms with Crippen LogP contribution in [0.25, 0.3) is 10.6 Å². The maximum atomic E-state index is 12.6. The molecule has 0 fully saturated rings. The van der Waals surface area contributed by atoms with Crippen LogP contribution in [-0.2, 0) is 10.0 Å². The van der Waals surface area contributed by atoms with Crippen LogP contribution in [0.5, 0.6) is 0 Å². The number of thiazole rings is 1. The summed E-state index contributed by atoms with van der Waals surface area (Å²) in [5.41, 5.74) is 1.08. The number of carbonyl (C=O) groups is 1. The second kappa shape index (κ2) is 8.30. The van der Waals surface area contributed by atoms with Crippen molar-refractivity contribution >= 4 is 43.7 Å². The van der Waals surface area contributed by atoms with E-state index in [-0.39, 0.29) is 10.5 Å². The molecule has 2 aromatic heterocycles. The lowest BCUT2D eigenvalue weighted by atomic mass is 10.2. The first-order chi connectivity index (χ1) is 13.0. The Balaban J connectivity index is 1.80. The number of thiophene rings is 1. The van der Waals surface area contributed by atoms with E-state index in [1.54, 1.807) is 37.3 Å². The van der Waals surface area contributed by atoms with Gasteiger partial charge in [0.1, 0.15) is 0 Å². The second-order valence-electron chi connectivity index (χ2n) is 5.59. The van der Waals surface area contributed by atoms with Crippen LogP contribution in [0.3, 0.4) is 0 Å². The third-order valence-electron chi connectivity index (χ3n) is 3.94. The monoisotopic (exact) mass is 421 g/mol. The first-order valence-electron chi connectivity index (χ1n) is 8.36. The number of hydrogen-bond donors (Lipinski definition) is 1. The van der Waals surface area contributed by atoms with E-state index in [4.69, 9.17) is 0 Å². The Hall–Kier alpha value is -2.07. The molecule has 0 aliphatic rings. The number of rotatable bonds is 7. The zero-order valence-corrected chi connectivity index (χ0v) is 17.3. The molecule has 0 spiro atoms. The highest BCUT2D eigenvalue weighted by Gasteiger charge is 2.22. The molecule has 1 N–H and O–H groups in total. The van der Waals surface area contributed by atoms with Crippen LogP contribution in [0.15, 0.2) is 52.1 Å². The van der Waals surface area contributed by atoms with Crippen molar-refractivity contribution < 1.29 is 13.2 Å². The molecule has 0 saturated carbocycles. The summed E-state index contributed by atoms with van der Waals surface area (Å²) in [6, 6.07) is 9.97. The molecule has 0 atom stereocenters. The van der Waals surface area contributed by atoms with Gasteiger partial charge in [-0.1, -0.05) is 26.0 Å². The molecule has 6 nitrogen and oxygen atoms in total. The lowest BCUT2D eigenvalue weighted by Gasteiger charge is -2.18. The predicted octanol–water partition coefficient (Wildman–Crippen LogP) is 4.15. The number of nitrogens with one attached hydrogen (secondary N) is 1. The van der Waals surface area contributed by atoms with Gasteiger partial charge in [0, 0.05) is 24.0 Å². The molecule has 0 aliphatic carbocycles. The van der Waals surface area contributed by atoms with Gasteiger partial charge in [-0.15, -0.1) is 22.7 Å². The molecule has 1 amide bonds. The largest absolute Gasteiger partial charge is 0.298 e. The maximum Gasteiger partial charge on any atom is 0.257 e. The first kappa shape index (κ1) is 19.7. The van der Waals surface area contributed by atoms with Gasteiger partial charge in [0.05, 0.1) is 15.5 Å². The molecule has 2 heterocycles. The Morgan fingerprint density at radius 1 is 1.15 bits per heavy atom. The Morgan fingerprint density at radius 3 is 2.59 bits per heavy atom. The Labute approximate surface area is 166 Å². The van der Waals surface area contributed by atoms with Crippen molar-refractivity contribution in [2.75, 3.05) is 18.4 Å². The van der Waals surface area contributed by atoms with Crippen LogP contribution in [-0.4, -0.2) is 36.7 Å². The minimum atomic E-state index is -3.61. The van der Waals surface area contributed by atoms with Crippen molar-refractivity contribution in [1.82, 2.24) is 9.29 Å². The minimum absolute atomic E-state index is 0.109. The lowest BCUT2D eigenvalue weighted by molar-refractivity contribution is 0.102. The van der Waals surface area contributed by atoms with Crippen LogP contribution < -0.4 is 5.32 Å². The summed E-state index contributed by atoms with van der Waals surface area (Å²) in [6.07, 6.45) is 0. The summed E-state index contributed by atoms with van der Waals surface area (Å²) in [7, 11) is -3.61. The third kappa shape index (κ3) is 4.27. The SMILES string of the molecule is CCN(CC)S(=O)(=O)c1cccc(C(=O)Nc2nc(-c3cccs3)cs2)c1. The Bertz CT molecular complexity index is 1020. The van der Waals surface area contributed by atoms with Crippen molar-refractivity contribution in [3.8, 4) is 10.6 Å². The van der Waals surface area contributed by atoms with E-state index in [1.807, 2.05) is 22.9 Å². The zero-order valence-electron chi connectivity index (χ0n) is 14.9. The Morgan fingerprint density at radius 2 is 1.93 bits per heavy atom. The number of amides is 1. The van der Waals surface area contributed by atoms with Gasteiger partial charge in [-0.3, -0.25) is 10.1 Å². The van der Waals surface area contributed by atoms with Gasteiger partial charge in [0.2, 0.25) is 10.0 Å². The van der Waals surface area contributed by atoms with Crippen LogP contribution in [0, 0.1) is 0 Å². The fraction of sp³-hybridized carbons (Fsp3) is 0.222. The molecule has 142 valence electrons. The average molecular weight is 422 g/mol. The highest BCUT2D eigenvalue weighted by Crippen LogP contribution is 2.28. The van der Waals surface area contributed by atoms with E-state index in [0.717, 1.165) is 10.6 Å². The molecule has 9 heteroatoms. The number of aromatic nitrogens is 1. The number of hydrogen-bond acceptors (Lipinski definition) is 6. The van der Waals surface area contributed by atoms with E-state index in [2.05, 4.69) is 10.3 Å². The van der Waals surface area contributed by atoms with Crippen molar-refractivity contribution in [2.24, 2.45) is 0 Å². The van der Waals surface area contributed by atoms with E-state index in [9.17, 15) is 13.2 Å². The number of sulfonamides is 1. The molecule has 0 saturated heterocycles. The molecular weight excluding hydrogens is 402 g/mol. The number of benzene rings is 1. The van der Waals surface area contributed by atoms with E-state index in [0.29, 0.717) is 18.2 Å². The van der Waals surface area contributed by atoms with Gasteiger partial charge in [0.15, 0.2) is 5.13 Å². The zero-order chi connectivity index (χ0) is 19.4.